The largest absolute Gasteiger partial charge is 0.497 e. The number of aromatic nitrogens is 2. The first kappa shape index (κ1) is 20.3. The minimum atomic E-state index is -0.256. The van der Waals surface area contributed by atoms with E-state index in [1.165, 1.54) is 6.20 Å². The molecule has 1 aliphatic rings. The second kappa shape index (κ2) is 8.83. The summed E-state index contributed by atoms with van der Waals surface area (Å²) in [6.07, 6.45) is 4.97. The fourth-order valence-electron chi connectivity index (χ4n) is 3.37. The highest BCUT2D eigenvalue weighted by molar-refractivity contribution is 6.04. The average molecular weight is 417 g/mol. The van der Waals surface area contributed by atoms with Crippen molar-refractivity contribution in [2.45, 2.75) is 20.0 Å². The van der Waals surface area contributed by atoms with Crippen LogP contribution in [0.15, 0.2) is 55.0 Å². The van der Waals surface area contributed by atoms with E-state index in [1.807, 2.05) is 37.3 Å². The minimum Gasteiger partial charge on any atom is -0.497 e. The number of ether oxygens (including phenoxy) is 1. The molecule has 158 valence electrons. The van der Waals surface area contributed by atoms with E-state index in [2.05, 4.69) is 20.6 Å². The number of anilines is 2. The van der Waals surface area contributed by atoms with Crippen molar-refractivity contribution >= 4 is 23.3 Å². The Morgan fingerprint density at radius 1 is 1.23 bits per heavy atom. The van der Waals surface area contributed by atoms with Crippen molar-refractivity contribution in [1.29, 1.82) is 0 Å². The molecule has 0 atom stereocenters. The molecule has 0 saturated heterocycles. The molecule has 0 saturated carbocycles. The first-order valence-electron chi connectivity index (χ1n) is 9.90. The van der Waals surface area contributed by atoms with Gasteiger partial charge in [0.1, 0.15) is 5.75 Å². The van der Waals surface area contributed by atoms with Crippen molar-refractivity contribution in [3.63, 3.8) is 0 Å². The van der Waals surface area contributed by atoms with Crippen molar-refractivity contribution in [2.75, 3.05) is 23.9 Å². The Kier molecular flexibility index (Phi) is 5.79. The molecule has 0 fully saturated rings. The van der Waals surface area contributed by atoms with E-state index in [1.54, 1.807) is 30.5 Å². The zero-order valence-corrected chi connectivity index (χ0v) is 17.4. The van der Waals surface area contributed by atoms with Gasteiger partial charge in [-0.15, -0.1) is 0 Å². The number of nitrogens with one attached hydrogen (secondary N) is 2. The standard InChI is InChI=1S/C23H23N5O3/c1-15-10-24-8-7-17(15)11-27-23(30)18-9-20-22(25-12-18)26-13-21(29)28(20)14-16-3-5-19(31-2)6-4-16/h3-10,12H,11,13-14H2,1-2H3,(H,25,26)(H,27,30). The van der Waals surface area contributed by atoms with Crippen LogP contribution in [0.25, 0.3) is 0 Å². The summed E-state index contributed by atoms with van der Waals surface area (Å²) in [7, 11) is 1.61. The number of pyridine rings is 2. The molecular weight excluding hydrogens is 394 g/mol. The van der Waals surface area contributed by atoms with E-state index >= 15 is 0 Å². The lowest BCUT2D eigenvalue weighted by Crippen LogP contribution is -2.40. The Bertz CT molecular complexity index is 1110. The molecule has 0 radical (unpaired) electrons. The number of rotatable bonds is 6. The Morgan fingerprint density at radius 3 is 2.77 bits per heavy atom. The molecule has 8 heteroatoms. The maximum Gasteiger partial charge on any atom is 0.253 e. The highest BCUT2D eigenvalue weighted by atomic mass is 16.5. The van der Waals surface area contributed by atoms with E-state index < -0.39 is 0 Å². The third-order valence-electron chi connectivity index (χ3n) is 5.20. The number of methoxy groups -OCH3 is 1. The second-order valence-electron chi connectivity index (χ2n) is 7.26. The molecule has 1 aliphatic heterocycles. The molecule has 8 nitrogen and oxygen atoms in total. The molecule has 0 aliphatic carbocycles. The van der Waals surface area contributed by atoms with E-state index in [-0.39, 0.29) is 18.4 Å². The molecule has 2 aromatic heterocycles. The van der Waals surface area contributed by atoms with Crippen molar-refractivity contribution < 1.29 is 14.3 Å². The molecule has 4 rings (SSSR count). The van der Waals surface area contributed by atoms with Crippen molar-refractivity contribution in [1.82, 2.24) is 15.3 Å². The van der Waals surface area contributed by atoms with Gasteiger partial charge in [0.05, 0.1) is 31.5 Å². The van der Waals surface area contributed by atoms with Gasteiger partial charge in [-0.2, -0.15) is 0 Å². The first-order valence-corrected chi connectivity index (χ1v) is 9.90. The van der Waals surface area contributed by atoms with Gasteiger partial charge in [0.15, 0.2) is 5.82 Å². The predicted octanol–water partition coefficient (Wildman–Crippen LogP) is 2.68. The summed E-state index contributed by atoms with van der Waals surface area (Å²) in [6, 6.07) is 11.1. The quantitative estimate of drug-likeness (QED) is 0.640. The van der Waals surface area contributed by atoms with Gasteiger partial charge in [-0.25, -0.2) is 4.98 Å². The fourth-order valence-corrected chi connectivity index (χ4v) is 3.37. The van der Waals surface area contributed by atoms with E-state index in [0.717, 1.165) is 22.4 Å². The highest BCUT2D eigenvalue weighted by Gasteiger charge is 2.26. The van der Waals surface area contributed by atoms with Crippen LogP contribution >= 0.6 is 0 Å². The topological polar surface area (TPSA) is 96.5 Å². The first-order chi connectivity index (χ1) is 15.0. The number of nitrogens with zero attached hydrogens (tertiary/aromatic N) is 3. The third-order valence-corrected chi connectivity index (χ3v) is 5.20. The van der Waals surface area contributed by atoms with Crippen LogP contribution in [-0.2, 0) is 17.9 Å². The van der Waals surface area contributed by atoms with Crippen LogP contribution in [0.2, 0.25) is 0 Å². The van der Waals surface area contributed by atoms with Crippen LogP contribution < -0.4 is 20.3 Å². The van der Waals surface area contributed by atoms with Crippen LogP contribution in [-0.4, -0.2) is 35.4 Å². The zero-order chi connectivity index (χ0) is 21.8. The van der Waals surface area contributed by atoms with Gasteiger partial charge in [-0.05, 0) is 47.9 Å². The lowest BCUT2D eigenvalue weighted by atomic mass is 10.1. The lowest BCUT2D eigenvalue weighted by molar-refractivity contribution is -0.117. The van der Waals surface area contributed by atoms with Crippen molar-refractivity contribution in [3.8, 4) is 5.75 Å². The highest BCUT2D eigenvalue weighted by Crippen LogP contribution is 2.30. The monoisotopic (exact) mass is 417 g/mol. The normalized spacial score (nSPS) is 12.7. The zero-order valence-electron chi connectivity index (χ0n) is 17.4. The van der Waals surface area contributed by atoms with Crippen LogP contribution in [0.4, 0.5) is 11.5 Å². The van der Waals surface area contributed by atoms with Crippen molar-refractivity contribution in [3.05, 3.63) is 77.2 Å². The predicted molar refractivity (Wildman–Crippen MR) is 117 cm³/mol. The molecule has 2 N–H and O–H groups in total. The second-order valence-corrected chi connectivity index (χ2v) is 7.26. The molecule has 0 unspecified atom stereocenters. The molecule has 2 amide bonds. The van der Waals surface area contributed by atoms with Gasteiger partial charge in [-0.1, -0.05) is 12.1 Å². The summed E-state index contributed by atoms with van der Waals surface area (Å²) < 4.78 is 5.19. The lowest BCUT2D eigenvalue weighted by Gasteiger charge is -2.29. The number of aryl methyl sites for hydroxylation is 1. The third kappa shape index (κ3) is 4.48. The number of hydrogen-bond donors (Lipinski definition) is 2. The number of amides is 2. The number of hydrogen-bond acceptors (Lipinski definition) is 6. The number of carbonyl (C=O) groups is 2. The average Bonchev–Trinajstić information content (AvgIpc) is 2.80. The van der Waals surface area contributed by atoms with Gasteiger partial charge < -0.3 is 20.3 Å². The summed E-state index contributed by atoms with van der Waals surface area (Å²) in [5.74, 6) is 0.986. The smallest absolute Gasteiger partial charge is 0.253 e. The molecule has 3 aromatic rings. The molecule has 3 heterocycles. The molecule has 0 spiro atoms. The van der Waals surface area contributed by atoms with Crippen LogP contribution in [0, 0.1) is 6.92 Å². The Hall–Kier alpha value is -3.94. The molecule has 1 aromatic carbocycles. The van der Waals surface area contributed by atoms with E-state index in [4.69, 9.17) is 4.74 Å². The van der Waals surface area contributed by atoms with Crippen LogP contribution in [0.3, 0.4) is 0 Å². The number of carbonyl (C=O) groups excluding carboxylic acids is 2. The van der Waals surface area contributed by atoms with E-state index in [9.17, 15) is 9.59 Å². The summed E-state index contributed by atoms with van der Waals surface area (Å²) in [5.41, 5.74) is 3.92. The van der Waals surface area contributed by atoms with Crippen LogP contribution in [0.5, 0.6) is 5.75 Å². The van der Waals surface area contributed by atoms with Crippen LogP contribution in [0.1, 0.15) is 27.0 Å². The maximum atomic E-state index is 12.7. The number of fused-ring (bicyclic) bond motifs is 1. The van der Waals surface area contributed by atoms with Gasteiger partial charge in [0.2, 0.25) is 5.91 Å². The van der Waals surface area contributed by atoms with Gasteiger partial charge >= 0.3 is 0 Å². The Morgan fingerprint density at radius 2 is 2.03 bits per heavy atom. The van der Waals surface area contributed by atoms with Crippen molar-refractivity contribution in [2.24, 2.45) is 0 Å². The van der Waals surface area contributed by atoms with Gasteiger partial charge in [0.25, 0.3) is 5.91 Å². The van der Waals surface area contributed by atoms with E-state index in [0.29, 0.717) is 30.2 Å². The molecular formula is C23H23N5O3. The summed E-state index contributed by atoms with van der Waals surface area (Å²) in [5, 5.41) is 5.92. The number of benzene rings is 1. The Balaban J connectivity index is 1.54. The summed E-state index contributed by atoms with van der Waals surface area (Å²) in [6.45, 7) is 2.86. The van der Waals surface area contributed by atoms with Gasteiger partial charge in [0, 0.05) is 25.1 Å². The fraction of sp³-hybridized carbons (Fsp3) is 0.217. The summed E-state index contributed by atoms with van der Waals surface area (Å²) in [4.78, 5) is 35.4. The Labute approximate surface area is 180 Å². The van der Waals surface area contributed by atoms with Gasteiger partial charge in [-0.3, -0.25) is 14.6 Å². The SMILES string of the molecule is COc1ccc(CN2C(=O)CNc3ncc(C(=O)NCc4ccncc4C)cc32)cc1. The molecule has 0 bridgehead atoms. The summed E-state index contributed by atoms with van der Waals surface area (Å²) >= 11 is 0. The maximum absolute atomic E-state index is 12.7. The minimum absolute atomic E-state index is 0.0879. The molecule has 31 heavy (non-hydrogen) atoms.